The molecule has 4 aromatic carbocycles. The highest BCUT2D eigenvalue weighted by Crippen LogP contribution is 2.43. The third kappa shape index (κ3) is 3.26. The van der Waals surface area contributed by atoms with Gasteiger partial charge in [0.25, 0.3) is 0 Å². The van der Waals surface area contributed by atoms with Crippen LogP contribution in [0.1, 0.15) is 31.8 Å². The summed E-state index contributed by atoms with van der Waals surface area (Å²) in [5.74, 6) is 0.268. The van der Waals surface area contributed by atoms with Crippen LogP contribution in [0, 0.1) is 0 Å². The van der Waals surface area contributed by atoms with Crippen molar-refractivity contribution in [2.24, 2.45) is 0 Å². The molecule has 2 aliphatic carbocycles. The van der Waals surface area contributed by atoms with Gasteiger partial charge in [0.2, 0.25) is 0 Å². The number of fused-ring (bicyclic) bond motifs is 10. The maximum absolute atomic E-state index is 12.7. The molecule has 0 saturated carbocycles. The summed E-state index contributed by atoms with van der Waals surface area (Å²) in [6.07, 6.45) is 3.75. The van der Waals surface area contributed by atoms with Gasteiger partial charge in [0.05, 0.1) is 22.5 Å². The molecular weight excluding hydrogens is 492 g/mol. The number of benzene rings is 4. The average Bonchev–Trinajstić information content (AvgIpc) is 3.68. The minimum atomic E-state index is 0.134. The summed E-state index contributed by atoms with van der Waals surface area (Å²) in [6.45, 7) is 9.09. The van der Waals surface area contributed by atoms with Crippen LogP contribution >= 0.6 is 0 Å². The van der Waals surface area contributed by atoms with Crippen molar-refractivity contribution < 1.29 is 9.59 Å². The molecule has 192 valence electrons. The van der Waals surface area contributed by atoms with Gasteiger partial charge in [-0.25, -0.2) is 0 Å². The molecule has 2 aromatic heterocycles. The highest BCUT2D eigenvalue weighted by atomic mass is 16.1. The Morgan fingerprint density at radius 2 is 0.850 bits per heavy atom. The zero-order chi connectivity index (χ0) is 27.4. The highest BCUT2D eigenvalue weighted by Gasteiger charge is 2.33. The van der Waals surface area contributed by atoms with E-state index in [1.807, 2.05) is 97.1 Å². The minimum absolute atomic E-state index is 0.134. The molecule has 0 N–H and O–H groups in total. The molecule has 4 nitrogen and oxygen atoms in total. The highest BCUT2D eigenvalue weighted by molar-refractivity contribution is 6.28. The van der Waals surface area contributed by atoms with Crippen molar-refractivity contribution in [3.05, 3.63) is 145 Å². The van der Waals surface area contributed by atoms with E-state index in [1.165, 1.54) is 0 Å². The van der Waals surface area contributed by atoms with Crippen LogP contribution in [0.2, 0.25) is 0 Å². The van der Waals surface area contributed by atoms with E-state index in [-0.39, 0.29) is 11.6 Å². The topological polar surface area (TPSA) is 44.0 Å². The fourth-order valence-corrected chi connectivity index (χ4v) is 6.31. The van der Waals surface area contributed by atoms with Crippen LogP contribution in [0.5, 0.6) is 0 Å². The van der Waals surface area contributed by atoms with E-state index in [0.29, 0.717) is 13.1 Å². The van der Waals surface area contributed by atoms with E-state index in [4.69, 9.17) is 0 Å². The number of nitrogens with zero attached hydrogens (tertiary/aromatic N) is 2. The Morgan fingerprint density at radius 1 is 0.500 bits per heavy atom. The van der Waals surface area contributed by atoms with Crippen molar-refractivity contribution in [3.63, 3.8) is 0 Å². The number of hydrogen-bond donors (Lipinski definition) is 0. The van der Waals surface area contributed by atoms with Gasteiger partial charge in [0.1, 0.15) is 0 Å². The van der Waals surface area contributed by atoms with Gasteiger partial charge in [-0.2, -0.15) is 0 Å². The molecule has 0 amide bonds. The Labute approximate surface area is 232 Å². The Bertz CT molecular complexity index is 1890. The predicted octanol–water partition coefficient (Wildman–Crippen LogP) is 8.08. The minimum Gasteiger partial charge on any atom is -0.336 e. The van der Waals surface area contributed by atoms with Gasteiger partial charge in [-0.3, -0.25) is 9.59 Å². The van der Waals surface area contributed by atoms with Crippen LogP contribution < -0.4 is 0 Å². The second-order valence-corrected chi connectivity index (χ2v) is 10.0. The Morgan fingerprint density at radius 3 is 1.25 bits per heavy atom. The van der Waals surface area contributed by atoms with Gasteiger partial charge in [-0.1, -0.05) is 97.1 Å². The van der Waals surface area contributed by atoms with Crippen molar-refractivity contribution >= 4 is 33.4 Å². The maximum Gasteiger partial charge on any atom is 0.196 e. The van der Waals surface area contributed by atoms with E-state index in [0.717, 1.165) is 66.6 Å². The zero-order valence-electron chi connectivity index (χ0n) is 21.9. The molecule has 40 heavy (non-hydrogen) atoms. The van der Waals surface area contributed by atoms with E-state index in [2.05, 4.69) is 34.4 Å². The Hall–Kier alpha value is -5.22. The fourth-order valence-electron chi connectivity index (χ4n) is 6.31. The molecule has 0 atom stereocenters. The normalized spacial score (nSPS) is 12.5. The molecule has 0 saturated heterocycles. The lowest BCUT2D eigenvalue weighted by Gasteiger charge is -2.07. The third-order valence-electron chi connectivity index (χ3n) is 7.87. The molecule has 0 fully saturated rings. The Kier molecular flexibility index (Phi) is 5.49. The smallest absolute Gasteiger partial charge is 0.196 e. The van der Waals surface area contributed by atoms with Crippen molar-refractivity contribution in [1.82, 2.24) is 9.13 Å². The van der Waals surface area contributed by atoms with Crippen molar-refractivity contribution in [2.45, 2.75) is 13.1 Å². The fraction of sp³-hybridized carbons (Fsp3) is 0.0556. The largest absolute Gasteiger partial charge is 0.336 e. The lowest BCUT2D eigenvalue weighted by atomic mass is 10.1. The molecule has 0 unspecified atom stereocenters. The van der Waals surface area contributed by atoms with E-state index in [1.54, 1.807) is 0 Å². The summed E-state index contributed by atoms with van der Waals surface area (Å²) in [5.41, 5.74) is 9.62. The molecule has 6 aromatic rings. The third-order valence-corrected chi connectivity index (χ3v) is 7.87. The van der Waals surface area contributed by atoms with Gasteiger partial charge in [-0.05, 0) is 12.1 Å². The zero-order valence-corrected chi connectivity index (χ0v) is 21.9. The molecule has 8 rings (SSSR count). The summed E-state index contributed by atoms with van der Waals surface area (Å²) in [4.78, 5) is 25.4. The Balaban J connectivity index is 0.000000132. The molecular formula is C36H26N2O2. The molecule has 0 radical (unpaired) electrons. The lowest BCUT2D eigenvalue weighted by molar-refractivity contribution is 0.103. The second-order valence-electron chi connectivity index (χ2n) is 10.0. The van der Waals surface area contributed by atoms with Crippen molar-refractivity contribution in [3.8, 4) is 22.5 Å². The molecule has 0 spiro atoms. The monoisotopic (exact) mass is 518 g/mol. The first-order valence-electron chi connectivity index (χ1n) is 13.4. The molecule has 0 aliphatic heterocycles. The standard InChI is InChI=1S/2C18H13NO/c2*1-2-11-19-15-10-6-5-9-14(15)16-17(19)12-7-3-4-8-13(12)18(16)20/h2*2-10H,1,11H2. The number of hydrogen-bond acceptors (Lipinski definition) is 2. The first-order chi connectivity index (χ1) is 19.7. The van der Waals surface area contributed by atoms with Crippen LogP contribution in [-0.4, -0.2) is 20.7 Å². The average molecular weight is 519 g/mol. The number of rotatable bonds is 4. The number of para-hydroxylation sites is 2. The van der Waals surface area contributed by atoms with Gasteiger partial charge in [0, 0.05) is 57.1 Å². The molecule has 2 heterocycles. The summed E-state index contributed by atoms with van der Waals surface area (Å²) >= 11 is 0. The SMILES string of the molecule is C=CCn1c2c(c3ccccc31)C(=O)c1ccccc1-2.C=CCn1c2c(c3ccccc31)C(=O)c1ccccc1-2. The van der Waals surface area contributed by atoms with Crippen LogP contribution in [0.15, 0.2) is 122 Å². The molecule has 0 bridgehead atoms. The first kappa shape index (κ1) is 23.9. The van der Waals surface area contributed by atoms with Gasteiger partial charge < -0.3 is 9.13 Å². The number of carbonyl (C=O) groups is 2. The summed E-state index contributed by atoms with van der Waals surface area (Å²) in [5, 5.41) is 2.07. The van der Waals surface area contributed by atoms with E-state index in [9.17, 15) is 9.59 Å². The summed E-state index contributed by atoms with van der Waals surface area (Å²) in [6, 6.07) is 31.8. The van der Waals surface area contributed by atoms with Crippen LogP contribution in [0.25, 0.3) is 44.3 Å². The molecule has 2 aliphatic rings. The van der Waals surface area contributed by atoms with Crippen molar-refractivity contribution in [1.29, 1.82) is 0 Å². The lowest BCUT2D eigenvalue weighted by Crippen LogP contribution is -1.97. The molecule has 4 heteroatoms. The second kappa shape index (κ2) is 9.21. The first-order valence-corrected chi connectivity index (χ1v) is 13.4. The number of carbonyl (C=O) groups excluding carboxylic acids is 2. The van der Waals surface area contributed by atoms with E-state index >= 15 is 0 Å². The van der Waals surface area contributed by atoms with Crippen LogP contribution in [-0.2, 0) is 13.1 Å². The number of ketones is 2. The number of aromatic nitrogens is 2. The predicted molar refractivity (Wildman–Crippen MR) is 162 cm³/mol. The van der Waals surface area contributed by atoms with Crippen LogP contribution in [0.3, 0.4) is 0 Å². The summed E-state index contributed by atoms with van der Waals surface area (Å²) in [7, 11) is 0. The number of allylic oxidation sites excluding steroid dienone is 2. The summed E-state index contributed by atoms with van der Waals surface area (Å²) < 4.78 is 4.36. The van der Waals surface area contributed by atoms with Gasteiger partial charge >= 0.3 is 0 Å². The van der Waals surface area contributed by atoms with Crippen molar-refractivity contribution in [2.75, 3.05) is 0 Å². The maximum atomic E-state index is 12.7. The van der Waals surface area contributed by atoms with Gasteiger partial charge in [0.15, 0.2) is 11.6 Å². The van der Waals surface area contributed by atoms with Gasteiger partial charge in [-0.15, -0.1) is 13.2 Å². The quantitative estimate of drug-likeness (QED) is 0.221. The van der Waals surface area contributed by atoms with Crippen LogP contribution in [0.4, 0.5) is 0 Å². The van der Waals surface area contributed by atoms with E-state index < -0.39 is 0 Å².